The van der Waals surface area contributed by atoms with Gasteiger partial charge in [-0.05, 0) is 36.6 Å². The summed E-state index contributed by atoms with van der Waals surface area (Å²) in [4.78, 5) is 12.2. The van der Waals surface area contributed by atoms with Gasteiger partial charge in [0.15, 0.2) is 18.6 Å². The van der Waals surface area contributed by atoms with Gasteiger partial charge in [-0.1, -0.05) is 23.2 Å². The van der Waals surface area contributed by atoms with E-state index in [9.17, 15) is 9.90 Å². The number of nitrogens with zero attached hydrogens (tertiary/aromatic N) is 1. The minimum atomic E-state index is -0.983. The minimum Gasteiger partial charge on any atom is -0.484 e. The van der Waals surface area contributed by atoms with Crippen molar-refractivity contribution >= 4 is 29.1 Å². The van der Waals surface area contributed by atoms with Crippen LogP contribution in [0.5, 0.6) is 11.6 Å². The average Bonchev–Trinajstić information content (AvgIpc) is 3.09. The van der Waals surface area contributed by atoms with Crippen LogP contribution in [0.25, 0.3) is 0 Å². The highest BCUT2D eigenvalue weighted by atomic mass is 35.5. The maximum atomic E-state index is 12.2. The molecule has 0 saturated heterocycles. The van der Waals surface area contributed by atoms with Crippen LogP contribution in [0.3, 0.4) is 0 Å². The molecular weight excluding hydrogens is 409 g/mol. The van der Waals surface area contributed by atoms with Gasteiger partial charge in [-0.2, -0.15) is 0 Å². The molecule has 1 amide bonds. The number of aliphatic hydroxyl groups excluding tert-OH is 1. The molecule has 1 aromatic carbocycles. The lowest BCUT2D eigenvalue weighted by molar-refractivity contribution is -0.152. The Labute approximate surface area is 171 Å². The monoisotopic (exact) mass is 427 g/mol. The highest BCUT2D eigenvalue weighted by Gasteiger charge is 2.69. The maximum absolute atomic E-state index is 12.2. The van der Waals surface area contributed by atoms with Crippen LogP contribution in [0.2, 0.25) is 10.0 Å². The van der Waals surface area contributed by atoms with Crippen molar-refractivity contribution in [2.75, 3.05) is 13.7 Å². The highest BCUT2D eigenvalue weighted by Crippen LogP contribution is 2.61. The van der Waals surface area contributed by atoms with Gasteiger partial charge in [-0.25, -0.2) is 0 Å². The molecule has 0 aliphatic heterocycles. The van der Waals surface area contributed by atoms with E-state index in [-0.39, 0.29) is 29.4 Å². The topological polar surface area (TPSA) is 106 Å². The quantitative estimate of drug-likeness (QED) is 0.555. The van der Waals surface area contributed by atoms with Gasteiger partial charge >= 0.3 is 0 Å². The van der Waals surface area contributed by atoms with E-state index in [1.54, 1.807) is 18.2 Å². The van der Waals surface area contributed by atoms with E-state index >= 15 is 0 Å². The van der Waals surface area contributed by atoms with E-state index in [1.807, 2.05) is 0 Å². The Morgan fingerprint density at radius 3 is 2.68 bits per heavy atom. The molecule has 3 fully saturated rings. The first-order valence-corrected chi connectivity index (χ1v) is 9.43. The third-order valence-corrected chi connectivity index (χ3v) is 5.86. The summed E-state index contributed by atoms with van der Waals surface area (Å²) in [6.45, 7) is -0.110. The standard InChI is InChI=1S/C18H19Cl2N3O5/c1-26-15-5-13(28-23-15)16(25)22-18-7-17(8-18,9-18)21-14(24)6-27-10-2-3-11(19)12(20)4-10/h2-5,16,22,25H,6-9H2,1H3,(H,21,24). The molecule has 3 aliphatic carbocycles. The Balaban J connectivity index is 1.23. The molecule has 2 aromatic rings. The lowest BCUT2D eigenvalue weighted by Gasteiger charge is -2.71. The summed E-state index contributed by atoms with van der Waals surface area (Å²) in [6.07, 6.45) is 1.19. The Bertz CT molecular complexity index is 883. The van der Waals surface area contributed by atoms with E-state index in [1.165, 1.54) is 13.2 Å². The van der Waals surface area contributed by atoms with Crippen molar-refractivity contribution in [1.29, 1.82) is 0 Å². The molecule has 0 radical (unpaired) electrons. The van der Waals surface area contributed by atoms with E-state index in [2.05, 4.69) is 15.8 Å². The van der Waals surface area contributed by atoms with Gasteiger partial charge in [0.1, 0.15) is 5.75 Å². The predicted octanol–water partition coefficient (Wildman–Crippen LogP) is 2.44. The zero-order valence-corrected chi connectivity index (χ0v) is 16.5. The SMILES string of the molecule is COc1cc(C(O)NC23CC(NC(=O)COc4ccc(Cl)c(Cl)c4)(C2)C3)on1. The second kappa shape index (κ2) is 7.11. The van der Waals surface area contributed by atoms with Crippen LogP contribution in [0.1, 0.15) is 31.3 Å². The average molecular weight is 428 g/mol. The largest absolute Gasteiger partial charge is 0.484 e. The normalized spacial score (nSPS) is 26.0. The van der Waals surface area contributed by atoms with Crippen molar-refractivity contribution < 1.29 is 23.9 Å². The predicted molar refractivity (Wildman–Crippen MR) is 101 cm³/mol. The van der Waals surface area contributed by atoms with Crippen LogP contribution in [0.4, 0.5) is 0 Å². The first kappa shape index (κ1) is 19.3. The van der Waals surface area contributed by atoms with E-state index in [4.69, 9.17) is 37.2 Å². The van der Waals surface area contributed by atoms with Crippen LogP contribution in [-0.2, 0) is 4.79 Å². The van der Waals surface area contributed by atoms with Gasteiger partial charge in [-0.15, -0.1) is 0 Å². The van der Waals surface area contributed by atoms with E-state index in [0.717, 1.165) is 19.3 Å². The van der Waals surface area contributed by atoms with Crippen molar-refractivity contribution in [3.05, 3.63) is 40.1 Å². The van der Waals surface area contributed by atoms with Gasteiger partial charge in [0.2, 0.25) is 0 Å². The fraction of sp³-hybridized carbons (Fsp3) is 0.444. The van der Waals surface area contributed by atoms with Gasteiger partial charge in [0, 0.05) is 23.2 Å². The summed E-state index contributed by atoms with van der Waals surface area (Å²) in [5, 5.41) is 20.9. The number of benzene rings is 1. The second-order valence-electron chi connectivity index (χ2n) is 7.32. The van der Waals surface area contributed by atoms with Gasteiger partial charge < -0.3 is 24.4 Å². The van der Waals surface area contributed by atoms with Crippen molar-refractivity contribution in [3.8, 4) is 11.6 Å². The number of hydrogen-bond acceptors (Lipinski definition) is 7. The molecule has 3 saturated carbocycles. The molecule has 3 N–H and O–H groups in total. The second-order valence-corrected chi connectivity index (χ2v) is 8.14. The molecule has 1 atom stereocenters. The summed E-state index contributed by atoms with van der Waals surface area (Å²) < 4.78 is 15.4. The molecule has 8 nitrogen and oxygen atoms in total. The summed E-state index contributed by atoms with van der Waals surface area (Å²) >= 11 is 11.8. The van der Waals surface area contributed by atoms with Crippen molar-refractivity contribution in [1.82, 2.24) is 15.8 Å². The van der Waals surface area contributed by atoms with Crippen LogP contribution in [0, 0.1) is 0 Å². The number of halogens is 2. The Hall–Kier alpha value is -2.00. The molecule has 0 spiro atoms. The first-order chi connectivity index (χ1) is 13.3. The fourth-order valence-electron chi connectivity index (χ4n) is 3.98. The van der Waals surface area contributed by atoms with Crippen molar-refractivity contribution in [2.24, 2.45) is 0 Å². The maximum Gasteiger partial charge on any atom is 0.258 e. The number of hydrogen-bond donors (Lipinski definition) is 3. The number of amides is 1. The van der Waals surface area contributed by atoms with Crippen LogP contribution < -0.4 is 20.1 Å². The molecule has 1 heterocycles. The third kappa shape index (κ3) is 3.65. The molecule has 2 bridgehead atoms. The molecule has 1 unspecified atom stereocenters. The fourth-order valence-corrected chi connectivity index (χ4v) is 4.27. The Kier molecular flexibility index (Phi) is 4.91. The number of nitrogens with one attached hydrogen (secondary N) is 2. The summed E-state index contributed by atoms with van der Waals surface area (Å²) in [5.74, 6) is 0.861. The lowest BCUT2D eigenvalue weighted by atomic mass is 9.44. The number of aliphatic hydroxyl groups is 1. The molecule has 1 aromatic heterocycles. The third-order valence-electron chi connectivity index (χ3n) is 5.12. The smallest absolute Gasteiger partial charge is 0.258 e. The van der Waals surface area contributed by atoms with Crippen molar-refractivity contribution in [2.45, 2.75) is 36.6 Å². The van der Waals surface area contributed by atoms with Crippen molar-refractivity contribution in [3.63, 3.8) is 0 Å². The van der Waals surface area contributed by atoms with Crippen LogP contribution in [-0.4, -0.2) is 41.0 Å². The summed E-state index contributed by atoms with van der Waals surface area (Å²) in [7, 11) is 1.47. The Morgan fingerprint density at radius 2 is 2.04 bits per heavy atom. The Morgan fingerprint density at radius 1 is 1.29 bits per heavy atom. The molecular formula is C18H19Cl2N3O5. The number of aromatic nitrogens is 1. The number of carbonyl (C=O) groups is 1. The van der Waals surface area contributed by atoms with E-state index < -0.39 is 6.23 Å². The van der Waals surface area contributed by atoms with Gasteiger partial charge in [-0.3, -0.25) is 10.1 Å². The zero-order valence-electron chi connectivity index (χ0n) is 15.0. The molecule has 5 rings (SSSR count). The molecule has 150 valence electrons. The van der Waals surface area contributed by atoms with Gasteiger partial charge in [0.05, 0.1) is 17.2 Å². The first-order valence-electron chi connectivity index (χ1n) is 8.67. The number of ether oxygens (including phenoxy) is 2. The van der Waals surface area contributed by atoms with Crippen LogP contribution in [0.15, 0.2) is 28.8 Å². The zero-order chi connectivity index (χ0) is 19.9. The lowest BCUT2D eigenvalue weighted by Crippen LogP contribution is -2.83. The molecule has 3 aliphatic rings. The van der Waals surface area contributed by atoms with Gasteiger partial charge in [0.25, 0.3) is 11.8 Å². The van der Waals surface area contributed by atoms with Crippen LogP contribution >= 0.6 is 23.2 Å². The highest BCUT2D eigenvalue weighted by molar-refractivity contribution is 6.42. The molecule has 28 heavy (non-hydrogen) atoms. The summed E-state index contributed by atoms with van der Waals surface area (Å²) in [5.41, 5.74) is -0.457. The summed E-state index contributed by atoms with van der Waals surface area (Å²) in [6, 6.07) is 6.36. The number of carbonyl (C=O) groups excluding carboxylic acids is 1. The van der Waals surface area contributed by atoms with E-state index in [0.29, 0.717) is 21.7 Å². The molecule has 10 heteroatoms. The number of rotatable bonds is 8. The minimum absolute atomic E-state index is 0.110. The number of methoxy groups -OCH3 is 1.